The monoisotopic (exact) mass is 408 g/mol. The second-order valence-electron chi connectivity index (χ2n) is 7.27. The Bertz CT molecular complexity index is 1080. The fourth-order valence-corrected chi connectivity index (χ4v) is 3.07. The van der Waals surface area contributed by atoms with Crippen molar-refractivity contribution in [1.29, 1.82) is 0 Å². The van der Waals surface area contributed by atoms with E-state index >= 15 is 0 Å². The van der Waals surface area contributed by atoms with E-state index in [1.807, 2.05) is 19.1 Å². The van der Waals surface area contributed by atoms with Crippen LogP contribution in [-0.4, -0.2) is 34.4 Å². The highest BCUT2D eigenvalue weighted by molar-refractivity contribution is 6.04. The average molecular weight is 408 g/mol. The van der Waals surface area contributed by atoms with Crippen LogP contribution in [0, 0.1) is 5.82 Å². The van der Waals surface area contributed by atoms with Crippen LogP contribution in [0.4, 0.5) is 4.39 Å². The van der Waals surface area contributed by atoms with Gasteiger partial charge in [0, 0.05) is 24.5 Å². The summed E-state index contributed by atoms with van der Waals surface area (Å²) in [5.74, 6) is -0.556. The van der Waals surface area contributed by atoms with Gasteiger partial charge in [-0.15, -0.1) is 0 Å². The van der Waals surface area contributed by atoms with Gasteiger partial charge in [0.2, 0.25) is 0 Å². The third kappa shape index (κ3) is 4.71. The molecule has 0 spiro atoms. The van der Waals surface area contributed by atoms with Crippen molar-refractivity contribution >= 4 is 22.8 Å². The summed E-state index contributed by atoms with van der Waals surface area (Å²) in [6.07, 6.45) is 4.97. The van der Waals surface area contributed by atoms with Crippen LogP contribution >= 0.6 is 0 Å². The van der Waals surface area contributed by atoms with Crippen LogP contribution in [0.15, 0.2) is 48.8 Å². The van der Waals surface area contributed by atoms with Gasteiger partial charge in [-0.05, 0) is 43.5 Å². The molecule has 154 valence electrons. The maximum absolute atomic E-state index is 13.9. The highest BCUT2D eigenvalue weighted by Crippen LogP contribution is 2.21. The van der Waals surface area contributed by atoms with Crippen molar-refractivity contribution in [3.8, 4) is 5.75 Å². The Balaban J connectivity index is 1.39. The SMILES string of the molecule is CC(NC(=O)c1cc(F)cc2nccnc12)c1ccc(OCC(=O)NC2CC2)cc1. The summed E-state index contributed by atoms with van der Waals surface area (Å²) < 4.78 is 19.4. The highest BCUT2D eigenvalue weighted by atomic mass is 19.1. The number of aromatic nitrogens is 2. The zero-order chi connectivity index (χ0) is 21.1. The zero-order valence-electron chi connectivity index (χ0n) is 16.4. The number of carbonyl (C=O) groups excluding carboxylic acids is 2. The van der Waals surface area contributed by atoms with Crippen LogP contribution in [0.3, 0.4) is 0 Å². The number of halogens is 1. The summed E-state index contributed by atoms with van der Waals surface area (Å²) in [6.45, 7) is 1.79. The third-order valence-electron chi connectivity index (χ3n) is 4.82. The largest absolute Gasteiger partial charge is 0.484 e. The minimum Gasteiger partial charge on any atom is -0.484 e. The summed E-state index contributed by atoms with van der Waals surface area (Å²) in [6, 6.07) is 9.46. The maximum Gasteiger partial charge on any atom is 0.258 e. The molecule has 3 aromatic rings. The van der Waals surface area contributed by atoms with Crippen molar-refractivity contribution in [2.24, 2.45) is 0 Å². The first-order chi connectivity index (χ1) is 14.5. The van der Waals surface area contributed by atoms with Crippen LogP contribution < -0.4 is 15.4 Å². The number of fused-ring (bicyclic) bond motifs is 1. The molecular weight excluding hydrogens is 387 g/mol. The molecule has 30 heavy (non-hydrogen) atoms. The number of rotatable bonds is 7. The lowest BCUT2D eigenvalue weighted by Crippen LogP contribution is -2.30. The van der Waals surface area contributed by atoms with E-state index in [1.165, 1.54) is 18.5 Å². The molecule has 4 rings (SSSR count). The summed E-state index contributed by atoms with van der Waals surface area (Å²) in [4.78, 5) is 32.6. The number of nitrogens with one attached hydrogen (secondary N) is 2. The van der Waals surface area contributed by atoms with Crippen molar-refractivity contribution < 1.29 is 18.7 Å². The maximum atomic E-state index is 13.9. The van der Waals surface area contributed by atoms with Crippen molar-refractivity contribution in [2.45, 2.75) is 31.8 Å². The van der Waals surface area contributed by atoms with Gasteiger partial charge >= 0.3 is 0 Å². The Morgan fingerprint density at radius 2 is 1.90 bits per heavy atom. The van der Waals surface area contributed by atoms with Gasteiger partial charge in [-0.3, -0.25) is 19.6 Å². The van der Waals surface area contributed by atoms with E-state index in [-0.39, 0.29) is 24.1 Å². The summed E-state index contributed by atoms with van der Waals surface area (Å²) in [5.41, 5.74) is 1.64. The number of ether oxygens (including phenoxy) is 1. The molecule has 1 saturated carbocycles. The number of carbonyl (C=O) groups is 2. The number of nitrogens with zero attached hydrogens (tertiary/aromatic N) is 2. The molecule has 8 heteroatoms. The number of hydrogen-bond acceptors (Lipinski definition) is 5. The molecule has 1 fully saturated rings. The molecule has 1 heterocycles. The standard InChI is InChI=1S/C22H21FN4O3/c1-13(14-2-6-17(7-3-14)30-12-20(28)27-16-4-5-16)26-22(29)18-10-15(23)11-19-21(18)25-9-8-24-19/h2-3,6-11,13,16H,4-5,12H2,1H3,(H,26,29)(H,27,28). The number of benzene rings is 2. The van der Waals surface area contributed by atoms with E-state index in [1.54, 1.807) is 12.1 Å². The second-order valence-corrected chi connectivity index (χ2v) is 7.27. The molecule has 2 N–H and O–H groups in total. The molecule has 1 aliphatic rings. The highest BCUT2D eigenvalue weighted by Gasteiger charge is 2.23. The van der Waals surface area contributed by atoms with E-state index in [0.717, 1.165) is 24.5 Å². The van der Waals surface area contributed by atoms with Gasteiger partial charge in [0.25, 0.3) is 11.8 Å². The predicted molar refractivity (Wildman–Crippen MR) is 108 cm³/mol. The first-order valence-corrected chi connectivity index (χ1v) is 9.73. The summed E-state index contributed by atoms with van der Waals surface area (Å²) >= 11 is 0. The van der Waals surface area contributed by atoms with E-state index in [9.17, 15) is 14.0 Å². The van der Waals surface area contributed by atoms with Crippen LogP contribution in [0.1, 0.15) is 41.7 Å². The van der Waals surface area contributed by atoms with Gasteiger partial charge < -0.3 is 15.4 Å². The van der Waals surface area contributed by atoms with Gasteiger partial charge in [-0.1, -0.05) is 12.1 Å². The van der Waals surface area contributed by atoms with Gasteiger partial charge in [-0.25, -0.2) is 4.39 Å². The van der Waals surface area contributed by atoms with Crippen molar-refractivity contribution in [3.63, 3.8) is 0 Å². The molecule has 1 atom stereocenters. The van der Waals surface area contributed by atoms with E-state index in [0.29, 0.717) is 22.8 Å². The van der Waals surface area contributed by atoms with Gasteiger partial charge in [0.1, 0.15) is 17.1 Å². The molecule has 2 amide bonds. The van der Waals surface area contributed by atoms with Crippen LogP contribution in [0.25, 0.3) is 11.0 Å². The molecule has 2 aromatic carbocycles. The van der Waals surface area contributed by atoms with Gasteiger partial charge in [0.05, 0.1) is 17.1 Å². The van der Waals surface area contributed by atoms with Crippen molar-refractivity contribution in [2.75, 3.05) is 6.61 Å². The molecule has 0 bridgehead atoms. The summed E-state index contributed by atoms with van der Waals surface area (Å²) in [5, 5.41) is 5.71. The molecule has 0 radical (unpaired) electrons. The van der Waals surface area contributed by atoms with Crippen molar-refractivity contribution in [3.05, 3.63) is 65.7 Å². The Morgan fingerprint density at radius 1 is 1.17 bits per heavy atom. The minimum absolute atomic E-state index is 0.0319. The lowest BCUT2D eigenvalue weighted by molar-refractivity contribution is -0.123. The Labute approximate surface area is 172 Å². The lowest BCUT2D eigenvalue weighted by atomic mass is 10.1. The van der Waals surface area contributed by atoms with E-state index < -0.39 is 11.7 Å². The Kier molecular flexibility index (Phi) is 5.56. The minimum atomic E-state index is -0.548. The average Bonchev–Trinajstić information content (AvgIpc) is 3.55. The molecular formula is C22H21FN4O3. The smallest absolute Gasteiger partial charge is 0.258 e. The van der Waals surface area contributed by atoms with Gasteiger partial charge in [-0.2, -0.15) is 0 Å². The van der Waals surface area contributed by atoms with E-state index in [2.05, 4.69) is 20.6 Å². The Hall–Kier alpha value is -3.55. The molecule has 1 unspecified atom stereocenters. The fourth-order valence-electron chi connectivity index (χ4n) is 3.07. The lowest BCUT2D eigenvalue weighted by Gasteiger charge is -2.16. The predicted octanol–water partition coefficient (Wildman–Crippen LogP) is 2.92. The first kappa shape index (κ1) is 19.8. The molecule has 0 saturated heterocycles. The second kappa shape index (κ2) is 8.44. The molecule has 0 aliphatic heterocycles. The quantitative estimate of drug-likeness (QED) is 0.627. The fraction of sp³-hybridized carbons (Fsp3) is 0.273. The topological polar surface area (TPSA) is 93.2 Å². The summed E-state index contributed by atoms with van der Waals surface area (Å²) in [7, 11) is 0. The normalized spacial score (nSPS) is 14.2. The number of hydrogen-bond donors (Lipinski definition) is 2. The number of amides is 2. The molecule has 7 nitrogen and oxygen atoms in total. The zero-order valence-corrected chi connectivity index (χ0v) is 16.4. The van der Waals surface area contributed by atoms with Crippen LogP contribution in [0.2, 0.25) is 0 Å². The Morgan fingerprint density at radius 3 is 2.63 bits per heavy atom. The first-order valence-electron chi connectivity index (χ1n) is 9.73. The van der Waals surface area contributed by atoms with Gasteiger partial charge in [0.15, 0.2) is 6.61 Å². The van der Waals surface area contributed by atoms with Crippen molar-refractivity contribution in [1.82, 2.24) is 20.6 Å². The van der Waals surface area contributed by atoms with Crippen LogP contribution in [-0.2, 0) is 4.79 Å². The van der Waals surface area contributed by atoms with Crippen LogP contribution in [0.5, 0.6) is 5.75 Å². The third-order valence-corrected chi connectivity index (χ3v) is 4.82. The molecule has 1 aliphatic carbocycles. The van der Waals surface area contributed by atoms with E-state index in [4.69, 9.17) is 4.74 Å². The molecule has 1 aromatic heterocycles.